The van der Waals surface area contributed by atoms with Gasteiger partial charge in [-0.15, -0.1) is 0 Å². The maximum atomic E-state index is 12.9. The molecule has 1 aliphatic heterocycles. The number of rotatable bonds is 10. The molecular formula is C25H36N2O6. The summed E-state index contributed by atoms with van der Waals surface area (Å²) in [5.74, 6) is -0.0761. The summed E-state index contributed by atoms with van der Waals surface area (Å²) in [4.78, 5) is 39.0. The van der Waals surface area contributed by atoms with Crippen molar-refractivity contribution >= 4 is 23.7 Å². The second-order valence-corrected chi connectivity index (χ2v) is 8.34. The minimum atomic E-state index is -0.455. The van der Waals surface area contributed by atoms with E-state index in [1.807, 2.05) is 47.6 Å². The molecule has 2 rings (SSSR count). The smallest absolute Gasteiger partial charge is 0.341 e. The average Bonchev–Trinajstić information content (AvgIpc) is 3.15. The predicted octanol–water partition coefficient (Wildman–Crippen LogP) is 4.77. The highest BCUT2D eigenvalue weighted by Crippen LogP contribution is 2.41. The lowest BCUT2D eigenvalue weighted by Crippen LogP contribution is -2.35. The molecule has 0 atom stereocenters. The van der Waals surface area contributed by atoms with Gasteiger partial charge in [0.15, 0.2) is 0 Å². The van der Waals surface area contributed by atoms with Gasteiger partial charge >= 0.3 is 18.0 Å². The third-order valence-corrected chi connectivity index (χ3v) is 5.70. The predicted molar refractivity (Wildman–Crippen MR) is 127 cm³/mol. The Balaban J connectivity index is 2.42. The van der Waals surface area contributed by atoms with E-state index in [2.05, 4.69) is 5.32 Å². The van der Waals surface area contributed by atoms with Crippen molar-refractivity contribution in [1.29, 1.82) is 0 Å². The van der Waals surface area contributed by atoms with E-state index in [-0.39, 0.29) is 24.7 Å². The van der Waals surface area contributed by atoms with E-state index >= 15 is 0 Å². The zero-order chi connectivity index (χ0) is 24.7. The van der Waals surface area contributed by atoms with Gasteiger partial charge in [0, 0.05) is 30.6 Å². The molecule has 2 amide bonds. The first-order chi connectivity index (χ1) is 15.6. The van der Waals surface area contributed by atoms with Crippen LogP contribution in [0.1, 0.15) is 74.5 Å². The number of ether oxygens (including phenoxy) is 3. The number of allylic oxidation sites excluding steroid dienone is 2. The summed E-state index contributed by atoms with van der Waals surface area (Å²) >= 11 is 0. The van der Waals surface area contributed by atoms with Crippen LogP contribution in [0.5, 0.6) is 5.75 Å². The average molecular weight is 461 g/mol. The van der Waals surface area contributed by atoms with Crippen molar-refractivity contribution in [3.8, 4) is 5.75 Å². The van der Waals surface area contributed by atoms with Gasteiger partial charge in [-0.2, -0.15) is 0 Å². The molecule has 1 aromatic rings. The Morgan fingerprint density at radius 3 is 2.45 bits per heavy atom. The number of amides is 2. The number of benzene rings is 1. The maximum absolute atomic E-state index is 12.9. The van der Waals surface area contributed by atoms with Gasteiger partial charge in [0.2, 0.25) is 0 Å². The molecular weight excluding hydrogens is 424 g/mol. The highest BCUT2D eigenvalue weighted by Gasteiger charge is 2.33. The highest BCUT2D eigenvalue weighted by molar-refractivity contribution is 6.05. The van der Waals surface area contributed by atoms with E-state index in [0.29, 0.717) is 54.9 Å². The zero-order valence-corrected chi connectivity index (χ0v) is 20.8. The minimum absolute atomic E-state index is 0.142. The Labute approximate surface area is 196 Å². The van der Waals surface area contributed by atoms with Crippen LogP contribution in [-0.4, -0.2) is 49.2 Å². The van der Waals surface area contributed by atoms with Crippen molar-refractivity contribution < 1.29 is 28.6 Å². The van der Waals surface area contributed by atoms with Gasteiger partial charge in [0.05, 0.1) is 24.5 Å². The first-order valence-electron chi connectivity index (χ1n) is 11.4. The fourth-order valence-electron chi connectivity index (χ4n) is 3.89. The Kier molecular flexibility index (Phi) is 9.32. The highest BCUT2D eigenvalue weighted by atomic mass is 16.5. The van der Waals surface area contributed by atoms with Gasteiger partial charge in [-0.1, -0.05) is 11.6 Å². The molecule has 0 saturated carbocycles. The first kappa shape index (κ1) is 26.2. The van der Waals surface area contributed by atoms with Crippen LogP contribution in [-0.2, 0) is 27.3 Å². The molecule has 1 aromatic carbocycles. The molecule has 1 N–H and O–H groups in total. The van der Waals surface area contributed by atoms with E-state index in [1.165, 1.54) is 0 Å². The lowest BCUT2D eigenvalue weighted by Gasteiger charge is -2.23. The van der Waals surface area contributed by atoms with Crippen LogP contribution in [0.15, 0.2) is 11.6 Å². The standard InChI is InChI=1S/C25H36N2O6/c1-8-27(9-2)25(30)26-22-18(12-10-16(5)11-13-20(28)33-15(3)4)23(31-7)17(6)19-14-32-24(29)21(19)22/h10,15H,8-9,11-14H2,1-7H3,(H,26,30). The summed E-state index contributed by atoms with van der Waals surface area (Å²) < 4.78 is 16.2. The summed E-state index contributed by atoms with van der Waals surface area (Å²) in [6.45, 7) is 12.5. The van der Waals surface area contributed by atoms with Crippen molar-refractivity contribution in [2.45, 2.75) is 73.5 Å². The maximum Gasteiger partial charge on any atom is 0.341 e. The number of anilines is 1. The van der Waals surface area contributed by atoms with Gasteiger partial charge in [-0.05, 0) is 59.9 Å². The van der Waals surface area contributed by atoms with Gasteiger partial charge < -0.3 is 24.4 Å². The van der Waals surface area contributed by atoms with Crippen molar-refractivity contribution in [3.05, 3.63) is 33.9 Å². The molecule has 182 valence electrons. The van der Waals surface area contributed by atoms with Crippen LogP contribution in [0, 0.1) is 6.92 Å². The van der Waals surface area contributed by atoms with Gasteiger partial charge in [0.25, 0.3) is 0 Å². The molecule has 33 heavy (non-hydrogen) atoms. The monoisotopic (exact) mass is 460 g/mol. The third-order valence-electron chi connectivity index (χ3n) is 5.70. The van der Waals surface area contributed by atoms with Crippen LogP contribution in [0.2, 0.25) is 0 Å². The summed E-state index contributed by atoms with van der Waals surface area (Å²) in [6.07, 6.45) is 3.11. The van der Waals surface area contributed by atoms with E-state index in [4.69, 9.17) is 14.2 Å². The topological polar surface area (TPSA) is 94.2 Å². The molecule has 1 aliphatic rings. The first-order valence-corrected chi connectivity index (χ1v) is 11.4. The van der Waals surface area contributed by atoms with Gasteiger partial charge in [-0.25, -0.2) is 9.59 Å². The lowest BCUT2D eigenvalue weighted by atomic mass is 9.93. The molecule has 0 saturated heterocycles. The van der Waals surface area contributed by atoms with E-state index in [0.717, 1.165) is 16.7 Å². The summed E-state index contributed by atoms with van der Waals surface area (Å²) in [6, 6.07) is -0.286. The molecule has 0 unspecified atom stereocenters. The number of carbonyl (C=O) groups excluding carboxylic acids is 3. The van der Waals surface area contributed by atoms with Crippen molar-refractivity contribution in [2.75, 3.05) is 25.5 Å². The number of nitrogens with zero attached hydrogens (tertiary/aromatic N) is 1. The molecule has 0 radical (unpaired) electrons. The SMILES string of the molecule is CCN(CC)C(=O)Nc1c(CC=C(C)CCC(=O)OC(C)C)c(OC)c(C)c2c1C(=O)OC2. The molecule has 0 aromatic heterocycles. The second-order valence-electron chi connectivity index (χ2n) is 8.34. The van der Waals surface area contributed by atoms with E-state index in [1.54, 1.807) is 12.0 Å². The molecule has 8 nitrogen and oxygen atoms in total. The van der Waals surface area contributed by atoms with Gasteiger partial charge in [-0.3, -0.25) is 4.79 Å². The molecule has 8 heteroatoms. The van der Waals surface area contributed by atoms with Crippen LogP contribution in [0.3, 0.4) is 0 Å². The Morgan fingerprint density at radius 1 is 1.21 bits per heavy atom. The second kappa shape index (κ2) is 11.7. The number of carbonyl (C=O) groups is 3. The number of urea groups is 1. The Bertz CT molecular complexity index is 932. The molecule has 1 heterocycles. The Hall–Kier alpha value is -3.03. The van der Waals surface area contributed by atoms with Gasteiger partial charge in [0.1, 0.15) is 12.4 Å². The number of nitrogens with one attached hydrogen (secondary N) is 1. The van der Waals surface area contributed by atoms with Crippen molar-refractivity contribution in [3.63, 3.8) is 0 Å². The summed E-state index contributed by atoms with van der Waals surface area (Å²) in [5.41, 5.74) is 4.07. The fourth-order valence-corrected chi connectivity index (χ4v) is 3.89. The van der Waals surface area contributed by atoms with E-state index < -0.39 is 5.97 Å². The van der Waals surface area contributed by atoms with Crippen LogP contribution in [0.4, 0.5) is 10.5 Å². The minimum Gasteiger partial charge on any atom is -0.496 e. The Morgan fingerprint density at radius 2 is 1.88 bits per heavy atom. The summed E-state index contributed by atoms with van der Waals surface area (Å²) in [7, 11) is 1.57. The van der Waals surface area contributed by atoms with Crippen LogP contribution >= 0.6 is 0 Å². The molecule has 0 aliphatic carbocycles. The molecule has 0 fully saturated rings. The fraction of sp³-hybridized carbons (Fsp3) is 0.560. The number of cyclic esters (lactones) is 1. The number of esters is 2. The summed E-state index contributed by atoms with van der Waals surface area (Å²) in [5, 5.41) is 2.94. The number of hydrogen-bond acceptors (Lipinski definition) is 6. The lowest BCUT2D eigenvalue weighted by molar-refractivity contribution is -0.147. The quantitative estimate of drug-likeness (QED) is 0.399. The van der Waals surface area contributed by atoms with Crippen molar-refractivity contribution in [2.24, 2.45) is 0 Å². The van der Waals surface area contributed by atoms with Crippen molar-refractivity contribution in [1.82, 2.24) is 4.90 Å². The zero-order valence-electron chi connectivity index (χ0n) is 20.8. The van der Waals surface area contributed by atoms with Crippen LogP contribution < -0.4 is 10.1 Å². The number of hydrogen-bond donors (Lipinski definition) is 1. The molecule has 0 bridgehead atoms. The van der Waals surface area contributed by atoms with Crippen LogP contribution in [0.25, 0.3) is 0 Å². The number of fused-ring (bicyclic) bond motifs is 1. The van der Waals surface area contributed by atoms with E-state index in [9.17, 15) is 14.4 Å². The largest absolute Gasteiger partial charge is 0.496 e. The molecule has 0 spiro atoms. The third kappa shape index (κ3) is 6.27. The normalized spacial score (nSPS) is 13.0. The number of methoxy groups -OCH3 is 1.